The van der Waals surface area contributed by atoms with Gasteiger partial charge in [-0.1, -0.05) is 24.3 Å². The fourth-order valence-electron chi connectivity index (χ4n) is 2.88. The normalized spacial score (nSPS) is 15.0. The lowest BCUT2D eigenvalue weighted by Gasteiger charge is -2.04. The summed E-state index contributed by atoms with van der Waals surface area (Å²) in [6.07, 6.45) is 3.62. The van der Waals surface area contributed by atoms with Crippen LogP contribution in [0.3, 0.4) is 0 Å². The molecular formula is C19H14N2O2. The van der Waals surface area contributed by atoms with Gasteiger partial charge in [-0.05, 0) is 41.5 Å². The number of hydrogen-bond donors (Lipinski definition) is 2. The van der Waals surface area contributed by atoms with E-state index in [2.05, 4.69) is 10.3 Å². The van der Waals surface area contributed by atoms with E-state index in [1.165, 1.54) is 0 Å². The second-order valence-electron chi connectivity index (χ2n) is 5.47. The summed E-state index contributed by atoms with van der Waals surface area (Å²) >= 11 is 0. The van der Waals surface area contributed by atoms with Crippen LogP contribution in [0.1, 0.15) is 16.7 Å². The van der Waals surface area contributed by atoms with E-state index in [0.717, 1.165) is 33.3 Å². The number of rotatable bonds is 2. The number of aliphatic hydroxyl groups is 1. The Morgan fingerprint density at radius 1 is 1.13 bits per heavy atom. The quantitative estimate of drug-likeness (QED) is 0.714. The molecule has 4 heteroatoms. The van der Waals surface area contributed by atoms with Crippen LogP contribution in [0.4, 0.5) is 5.69 Å². The number of nitrogens with one attached hydrogen (secondary N) is 1. The monoisotopic (exact) mass is 302 g/mol. The highest BCUT2D eigenvalue weighted by atomic mass is 16.3. The molecule has 0 aliphatic carbocycles. The first-order chi connectivity index (χ1) is 11.3. The number of nitrogens with zero attached hydrogens (tertiary/aromatic N) is 1. The third-order valence-electron chi connectivity index (χ3n) is 4.03. The Hall–Kier alpha value is -2.98. The zero-order valence-electron chi connectivity index (χ0n) is 12.3. The van der Waals surface area contributed by atoms with Crippen molar-refractivity contribution in [3.63, 3.8) is 0 Å². The molecule has 112 valence electrons. The van der Waals surface area contributed by atoms with E-state index >= 15 is 0 Å². The lowest BCUT2D eigenvalue weighted by molar-refractivity contribution is -0.110. The summed E-state index contributed by atoms with van der Waals surface area (Å²) in [7, 11) is 0. The van der Waals surface area contributed by atoms with E-state index in [1.54, 1.807) is 6.20 Å². The van der Waals surface area contributed by atoms with Gasteiger partial charge in [0.1, 0.15) is 0 Å². The average molecular weight is 302 g/mol. The van der Waals surface area contributed by atoms with Crippen molar-refractivity contribution in [1.29, 1.82) is 0 Å². The van der Waals surface area contributed by atoms with Crippen LogP contribution < -0.4 is 5.32 Å². The standard InChI is InChI=1S/C19H14N2O2/c22-11-12-5-6-18-15(9-12)16(19(23)21-18)10-13-7-8-20-17-4-2-1-3-14(13)17/h1-10,22H,11H2,(H,21,23). The molecule has 0 bridgehead atoms. The van der Waals surface area contributed by atoms with Crippen molar-refractivity contribution in [2.75, 3.05) is 5.32 Å². The molecule has 0 spiro atoms. The smallest absolute Gasteiger partial charge is 0.256 e. The second kappa shape index (κ2) is 5.34. The fourth-order valence-corrected chi connectivity index (χ4v) is 2.88. The molecule has 2 heterocycles. The highest BCUT2D eigenvalue weighted by molar-refractivity contribution is 6.35. The van der Waals surface area contributed by atoms with Gasteiger partial charge in [-0.3, -0.25) is 9.78 Å². The van der Waals surface area contributed by atoms with E-state index in [9.17, 15) is 9.90 Å². The fraction of sp³-hybridized carbons (Fsp3) is 0.0526. The number of pyridine rings is 1. The molecule has 0 unspecified atom stereocenters. The zero-order valence-corrected chi connectivity index (χ0v) is 12.3. The Kier molecular flexibility index (Phi) is 3.17. The predicted octanol–water partition coefficient (Wildman–Crippen LogP) is 3.22. The van der Waals surface area contributed by atoms with Crippen LogP contribution in [-0.4, -0.2) is 16.0 Å². The molecule has 0 fully saturated rings. The number of aromatic nitrogens is 1. The summed E-state index contributed by atoms with van der Waals surface area (Å²) in [5, 5.41) is 13.2. The van der Waals surface area contributed by atoms with E-state index in [4.69, 9.17) is 0 Å². The van der Waals surface area contributed by atoms with Crippen molar-refractivity contribution in [2.24, 2.45) is 0 Å². The predicted molar refractivity (Wildman–Crippen MR) is 90.6 cm³/mol. The van der Waals surface area contributed by atoms with Crippen LogP contribution in [0.2, 0.25) is 0 Å². The van der Waals surface area contributed by atoms with Gasteiger partial charge >= 0.3 is 0 Å². The van der Waals surface area contributed by atoms with Gasteiger partial charge in [-0.15, -0.1) is 0 Å². The minimum absolute atomic E-state index is 0.0487. The molecule has 23 heavy (non-hydrogen) atoms. The number of para-hydroxylation sites is 1. The maximum atomic E-state index is 12.3. The van der Waals surface area contributed by atoms with Crippen molar-refractivity contribution < 1.29 is 9.90 Å². The molecule has 2 N–H and O–H groups in total. The summed E-state index contributed by atoms with van der Waals surface area (Å²) in [4.78, 5) is 16.7. The minimum atomic E-state index is -0.129. The van der Waals surface area contributed by atoms with Gasteiger partial charge in [0.2, 0.25) is 0 Å². The number of fused-ring (bicyclic) bond motifs is 2. The lowest BCUT2D eigenvalue weighted by atomic mass is 10.0. The highest BCUT2D eigenvalue weighted by Crippen LogP contribution is 2.34. The van der Waals surface area contributed by atoms with Crippen LogP contribution >= 0.6 is 0 Å². The summed E-state index contributed by atoms with van der Waals surface area (Å²) in [5.41, 5.74) is 4.82. The Balaban J connectivity index is 1.90. The maximum Gasteiger partial charge on any atom is 0.256 e. The summed E-state index contributed by atoms with van der Waals surface area (Å²) in [5.74, 6) is -0.129. The molecule has 4 nitrogen and oxygen atoms in total. The van der Waals surface area contributed by atoms with Gasteiger partial charge < -0.3 is 10.4 Å². The number of aliphatic hydroxyl groups excluding tert-OH is 1. The van der Waals surface area contributed by atoms with Crippen LogP contribution in [0, 0.1) is 0 Å². The summed E-state index contributed by atoms with van der Waals surface area (Å²) in [6, 6.07) is 15.2. The van der Waals surface area contributed by atoms with E-state index < -0.39 is 0 Å². The van der Waals surface area contributed by atoms with Gasteiger partial charge in [-0.25, -0.2) is 0 Å². The van der Waals surface area contributed by atoms with Crippen molar-refractivity contribution >= 4 is 34.1 Å². The Morgan fingerprint density at radius 2 is 2.00 bits per heavy atom. The maximum absolute atomic E-state index is 12.3. The molecular weight excluding hydrogens is 288 g/mol. The van der Waals surface area contributed by atoms with Crippen LogP contribution in [0.5, 0.6) is 0 Å². The highest BCUT2D eigenvalue weighted by Gasteiger charge is 2.24. The average Bonchev–Trinajstić information content (AvgIpc) is 2.90. The molecule has 4 rings (SSSR count). The van der Waals surface area contributed by atoms with E-state index in [-0.39, 0.29) is 12.5 Å². The molecule has 1 amide bonds. The first kappa shape index (κ1) is 13.7. The van der Waals surface area contributed by atoms with Crippen LogP contribution in [0.25, 0.3) is 22.6 Å². The van der Waals surface area contributed by atoms with Crippen molar-refractivity contribution in [3.8, 4) is 0 Å². The number of hydrogen-bond acceptors (Lipinski definition) is 3. The molecule has 0 atom stereocenters. The second-order valence-corrected chi connectivity index (χ2v) is 5.47. The Bertz CT molecular complexity index is 955. The SMILES string of the molecule is O=C1Nc2ccc(CO)cc2C1=Cc1ccnc2ccccc12. The lowest BCUT2D eigenvalue weighted by Crippen LogP contribution is -2.03. The molecule has 1 aliphatic rings. The number of carbonyl (C=O) groups is 1. The molecule has 1 aromatic heterocycles. The minimum Gasteiger partial charge on any atom is -0.392 e. The summed E-state index contributed by atoms with van der Waals surface area (Å²) in [6.45, 7) is -0.0487. The van der Waals surface area contributed by atoms with Crippen molar-refractivity contribution in [1.82, 2.24) is 4.98 Å². The number of amides is 1. The third-order valence-corrected chi connectivity index (χ3v) is 4.03. The van der Waals surface area contributed by atoms with Crippen molar-refractivity contribution in [2.45, 2.75) is 6.61 Å². The van der Waals surface area contributed by atoms with Crippen molar-refractivity contribution in [3.05, 3.63) is 71.4 Å². The molecule has 2 aromatic carbocycles. The topological polar surface area (TPSA) is 62.2 Å². The molecule has 3 aromatic rings. The largest absolute Gasteiger partial charge is 0.392 e. The molecule has 0 radical (unpaired) electrons. The Labute approximate surface area is 133 Å². The third kappa shape index (κ3) is 2.29. The van der Waals surface area contributed by atoms with Gasteiger partial charge in [-0.2, -0.15) is 0 Å². The first-order valence-corrected chi connectivity index (χ1v) is 7.37. The van der Waals surface area contributed by atoms with Crippen LogP contribution in [0.15, 0.2) is 54.7 Å². The van der Waals surface area contributed by atoms with E-state index in [0.29, 0.717) is 5.57 Å². The van der Waals surface area contributed by atoms with E-state index in [1.807, 2.05) is 54.6 Å². The zero-order chi connectivity index (χ0) is 15.8. The number of benzene rings is 2. The number of carbonyl (C=O) groups excluding carboxylic acids is 1. The Morgan fingerprint density at radius 3 is 2.87 bits per heavy atom. The molecule has 1 aliphatic heterocycles. The van der Waals surface area contributed by atoms with Gasteiger partial charge in [0.15, 0.2) is 0 Å². The van der Waals surface area contributed by atoms with Gasteiger partial charge in [0.25, 0.3) is 5.91 Å². The van der Waals surface area contributed by atoms with Gasteiger partial charge in [0, 0.05) is 28.4 Å². The molecule has 0 saturated heterocycles. The summed E-state index contributed by atoms with van der Waals surface area (Å²) < 4.78 is 0. The van der Waals surface area contributed by atoms with Crippen LogP contribution in [-0.2, 0) is 11.4 Å². The van der Waals surface area contributed by atoms with Gasteiger partial charge in [0.05, 0.1) is 12.1 Å². The molecule has 0 saturated carbocycles. The first-order valence-electron chi connectivity index (χ1n) is 7.37. The number of anilines is 1.